The molecule has 3 aromatic rings. The molecule has 0 unspecified atom stereocenters. The Morgan fingerprint density at radius 3 is 2.51 bits per heavy atom. The molecule has 1 saturated carbocycles. The van der Waals surface area contributed by atoms with Gasteiger partial charge in [0.2, 0.25) is 17.6 Å². The summed E-state index contributed by atoms with van der Waals surface area (Å²) in [6.45, 7) is 7.51. The van der Waals surface area contributed by atoms with Gasteiger partial charge in [-0.3, -0.25) is 14.6 Å². The lowest BCUT2D eigenvalue weighted by Gasteiger charge is -2.32. The fourth-order valence-electron chi connectivity index (χ4n) is 4.81. The predicted molar refractivity (Wildman–Crippen MR) is 149 cm³/mol. The second-order valence-corrected chi connectivity index (χ2v) is 10.3. The zero-order chi connectivity index (χ0) is 27.4. The Bertz CT molecular complexity index is 1290. The molecule has 1 fully saturated rings. The van der Waals surface area contributed by atoms with Gasteiger partial charge >= 0.3 is 0 Å². The zero-order valence-corrected chi connectivity index (χ0v) is 22.9. The van der Waals surface area contributed by atoms with E-state index in [4.69, 9.17) is 4.52 Å². The Hall–Kier alpha value is -3.76. The molecule has 206 valence electrons. The summed E-state index contributed by atoms with van der Waals surface area (Å²) in [6, 6.07) is 14.1. The second-order valence-electron chi connectivity index (χ2n) is 10.3. The first-order valence-electron chi connectivity index (χ1n) is 13.7. The van der Waals surface area contributed by atoms with Gasteiger partial charge in [0.05, 0.1) is 13.1 Å². The molecule has 2 aliphatic rings. The summed E-state index contributed by atoms with van der Waals surface area (Å²) in [6.07, 6.45) is 2.16. The van der Waals surface area contributed by atoms with E-state index in [9.17, 15) is 9.59 Å². The molecule has 2 N–H and O–H groups in total. The highest BCUT2D eigenvalue weighted by Gasteiger charge is 2.30. The lowest BCUT2D eigenvalue weighted by molar-refractivity contribution is -0.145. The van der Waals surface area contributed by atoms with Crippen molar-refractivity contribution in [3.05, 3.63) is 65.0 Å². The number of nitrogens with one attached hydrogen (secondary N) is 2. The van der Waals surface area contributed by atoms with Gasteiger partial charge in [0, 0.05) is 50.4 Å². The number of aromatic nitrogens is 2. The average Bonchev–Trinajstić information content (AvgIpc) is 3.50. The molecule has 1 aliphatic heterocycles. The van der Waals surface area contributed by atoms with Gasteiger partial charge < -0.3 is 20.1 Å². The van der Waals surface area contributed by atoms with Crippen LogP contribution in [0, 0.1) is 6.92 Å². The fraction of sp³-hybridized carbons (Fsp3) is 0.448. The fourth-order valence-corrected chi connectivity index (χ4v) is 4.81. The van der Waals surface area contributed by atoms with E-state index in [1.165, 1.54) is 11.1 Å². The van der Waals surface area contributed by atoms with Crippen LogP contribution in [0.3, 0.4) is 0 Å². The minimum absolute atomic E-state index is 0.0494. The zero-order valence-electron chi connectivity index (χ0n) is 22.9. The van der Waals surface area contributed by atoms with Gasteiger partial charge in [0.15, 0.2) is 0 Å². The number of rotatable bonds is 12. The lowest BCUT2D eigenvalue weighted by Crippen LogP contribution is -2.48. The van der Waals surface area contributed by atoms with E-state index < -0.39 is 0 Å². The molecule has 0 saturated heterocycles. The highest BCUT2D eigenvalue weighted by atomic mass is 16.5. The topological polar surface area (TPSA) is 107 Å². The first kappa shape index (κ1) is 26.8. The molecule has 0 radical (unpaired) electrons. The highest BCUT2D eigenvalue weighted by molar-refractivity contribution is 5.87. The summed E-state index contributed by atoms with van der Waals surface area (Å²) in [7, 11) is 1.80. The van der Waals surface area contributed by atoms with Crippen LogP contribution in [0.2, 0.25) is 0 Å². The number of fused-ring (bicyclic) bond motifs is 1. The molecule has 0 atom stereocenters. The average molecular weight is 532 g/mol. The summed E-state index contributed by atoms with van der Waals surface area (Å²) in [5.41, 5.74) is 4.99. The van der Waals surface area contributed by atoms with Crippen molar-refractivity contribution in [1.29, 1.82) is 0 Å². The summed E-state index contributed by atoms with van der Waals surface area (Å²) < 4.78 is 5.47. The van der Waals surface area contributed by atoms with Crippen LogP contribution in [-0.2, 0) is 22.7 Å². The van der Waals surface area contributed by atoms with Gasteiger partial charge in [-0.2, -0.15) is 4.98 Å². The minimum Gasteiger partial charge on any atom is -0.353 e. The van der Waals surface area contributed by atoms with Crippen molar-refractivity contribution in [1.82, 2.24) is 30.8 Å². The van der Waals surface area contributed by atoms with Crippen LogP contribution in [0.15, 0.2) is 47.0 Å². The number of anilines is 1. The molecule has 5 rings (SSSR count). The van der Waals surface area contributed by atoms with Crippen molar-refractivity contribution < 1.29 is 14.1 Å². The summed E-state index contributed by atoms with van der Waals surface area (Å²) in [5, 5.41) is 14.1. The third-order valence-electron chi connectivity index (χ3n) is 7.32. The molecule has 1 aliphatic carbocycles. The number of hydrazine groups is 1. The molecule has 2 heterocycles. The van der Waals surface area contributed by atoms with Gasteiger partial charge in [-0.1, -0.05) is 48.5 Å². The molecule has 2 amide bonds. The van der Waals surface area contributed by atoms with Crippen LogP contribution in [0.5, 0.6) is 0 Å². The predicted octanol–water partition coefficient (Wildman–Crippen LogP) is 2.84. The van der Waals surface area contributed by atoms with Gasteiger partial charge in [-0.25, -0.2) is 5.01 Å². The van der Waals surface area contributed by atoms with Crippen LogP contribution in [-0.4, -0.2) is 71.7 Å². The van der Waals surface area contributed by atoms with Crippen LogP contribution >= 0.6 is 0 Å². The molecule has 39 heavy (non-hydrogen) atoms. The van der Waals surface area contributed by atoms with Crippen molar-refractivity contribution in [3.63, 3.8) is 0 Å². The standard InChI is InChI=1S/C29H37N7O3/c1-4-30-13-14-31-26(37)18-35(19-27(38)34(3)36-16-23-7-5-6-8-24(23)17-36)25-15-22(10-9-20(25)2)28-32-29(39-33-28)21-11-12-21/h5-10,15,21,30H,4,11-14,16-19H2,1-3H3,(H,31,37). The highest BCUT2D eigenvalue weighted by Crippen LogP contribution is 2.39. The molecular formula is C29H37N7O3. The van der Waals surface area contributed by atoms with Crippen LogP contribution < -0.4 is 15.5 Å². The SMILES string of the molecule is CCNCCNC(=O)CN(CC(=O)N(C)N1Cc2ccccc2C1)c1cc(-c2noc(C3CC3)n2)ccc1C. The van der Waals surface area contributed by atoms with Crippen molar-refractivity contribution in [2.24, 2.45) is 0 Å². The van der Waals surface area contributed by atoms with Crippen molar-refractivity contribution in [2.75, 3.05) is 44.7 Å². The van der Waals surface area contributed by atoms with E-state index in [2.05, 4.69) is 32.9 Å². The number of likely N-dealkylation sites (N-methyl/N-ethyl adjacent to an activating group) is 2. The third kappa shape index (κ3) is 6.46. The smallest absolute Gasteiger partial charge is 0.256 e. The van der Waals surface area contributed by atoms with Gasteiger partial charge in [-0.15, -0.1) is 0 Å². The van der Waals surface area contributed by atoms with E-state index in [0.29, 0.717) is 43.8 Å². The quantitative estimate of drug-likeness (QED) is 0.344. The van der Waals surface area contributed by atoms with Crippen molar-refractivity contribution in [2.45, 2.75) is 45.7 Å². The lowest BCUT2D eigenvalue weighted by atomic mass is 10.1. The summed E-state index contributed by atoms with van der Waals surface area (Å²) in [4.78, 5) is 32.9. The van der Waals surface area contributed by atoms with E-state index in [1.807, 2.05) is 54.1 Å². The number of carbonyl (C=O) groups excluding carboxylic acids is 2. The largest absolute Gasteiger partial charge is 0.353 e. The Morgan fingerprint density at radius 2 is 1.82 bits per heavy atom. The Balaban J connectivity index is 1.34. The Labute approximate surface area is 229 Å². The summed E-state index contributed by atoms with van der Waals surface area (Å²) >= 11 is 0. The van der Waals surface area contributed by atoms with Crippen LogP contribution in [0.1, 0.15) is 48.3 Å². The normalized spacial score (nSPS) is 14.7. The van der Waals surface area contributed by atoms with Gasteiger partial charge in [0.25, 0.3) is 5.91 Å². The van der Waals surface area contributed by atoms with E-state index in [1.54, 1.807) is 12.1 Å². The number of nitrogens with zero attached hydrogens (tertiary/aromatic N) is 5. The number of benzene rings is 2. The second kappa shape index (κ2) is 12.0. The molecule has 1 aromatic heterocycles. The maximum absolute atomic E-state index is 13.6. The first-order chi connectivity index (χ1) is 18.9. The monoisotopic (exact) mass is 531 g/mol. The number of hydrogen-bond acceptors (Lipinski definition) is 8. The third-order valence-corrected chi connectivity index (χ3v) is 7.32. The number of hydrogen-bond donors (Lipinski definition) is 2. The summed E-state index contributed by atoms with van der Waals surface area (Å²) in [5.74, 6) is 1.32. The van der Waals surface area contributed by atoms with Crippen LogP contribution in [0.4, 0.5) is 5.69 Å². The Kier molecular flexibility index (Phi) is 8.23. The molecular weight excluding hydrogens is 494 g/mol. The molecule has 10 heteroatoms. The molecule has 0 spiro atoms. The first-order valence-corrected chi connectivity index (χ1v) is 13.7. The number of carbonyl (C=O) groups is 2. The minimum atomic E-state index is -0.141. The van der Waals surface area contributed by atoms with Gasteiger partial charge in [0.1, 0.15) is 0 Å². The molecule has 2 aromatic carbocycles. The number of aryl methyl sites for hydroxylation is 1. The van der Waals surface area contributed by atoms with Crippen molar-refractivity contribution in [3.8, 4) is 11.4 Å². The maximum atomic E-state index is 13.6. The van der Waals surface area contributed by atoms with E-state index in [-0.39, 0.29) is 24.9 Å². The number of amides is 2. The maximum Gasteiger partial charge on any atom is 0.256 e. The van der Waals surface area contributed by atoms with Gasteiger partial charge in [-0.05, 0) is 49.1 Å². The van der Waals surface area contributed by atoms with Crippen molar-refractivity contribution >= 4 is 17.5 Å². The molecule has 0 bridgehead atoms. The van der Waals surface area contributed by atoms with E-state index >= 15 is 0 Å². The Morgan fingerprint density at radius 1 is 1.08 bits per heavy atom. The van der Waals surface area contributed by atoms with Crippen LogP contribution in [0.25, 0.3) is 11.4 Å². The molecule has 10 nitrogen and oxygen atoms in total. The van der Waals surface area contributed by atoms with E-state index in [0.717, 1.165) is 36.2 Å².